The Morgan fingerprint density at radius 2 is 2.00 bits per heavy atom. The Hall–Kier alpha value is -2.25. The quantitative estimate of drug-likeness (QED) is 0.806. The van der Waals surface area contributed by atoms with Crippen LogP contribution >= 0.6 is 0 Å². The first-order chi connectivity index (χ1) is 13.3. The molecule has 2 aliphatic heterocycles. The van der Waals surface area contributed by atoms with Gasteiger partial charge in [-0.1, -0.05) is 19.8 Å². The number of tetrazole rings is 1. The standard InChI is InChI=1S/C19H29N7O/c1-2-3-10-24-14-9-20-17(24)15-7-12-25(13-8-15)19(27)16-6-4-5-11-26-18(16)21-22-23-26/h9,14-16H,2-8,10-13H2,1H3/t16-/m1/s1. The monoisotopic (exact) mass is 371 g/mol. The Labute approximate surface area is 159 Å². The largest absolute Gasteiger partial charge is 0.342 e. The number of fused-ring (bicyclic) bond motifs is 1. The molecule has 8 nitrogen and oxygen atoms in total. The van der Waals surface area contributed by atoms with Crippen LogP contribution in [-0.4, -0.2) is 53.7 Å². The first-order valence-electron chi connectivity index (χ1n) is 10.3. The molecule has 2 aromatic heterocycles. The van der Waals surface area contributed by atoms with E-state index in [4.69, 9.17) is 0 Å². The number of hydrogen-bond donors (Lipinski definition) is 0. The van der Waals surface area contributed by atoms with E-state index < -0.39 is 0 Å². The van der Waals surface area contributed by atoms with Crippen LogP contribution in [-0.2, 0) is 17.9 Å². The second-order valence-electron chi connectivity index (χ2n) is 7.74. The zero-order valence-electron chi connectivity index (χ0n) is 16.1. The van der Waals surface area contributed by atoms with Gasteiger partial charge in [0.2, 0.25) is 5.91 Å². The predicted molar refractivity (Wildman–Crippen MR) is 100 cm³/mol. The van der Waals surface area contributed by atoms with E-state index in [1.54, 1.807) is 0 Å². The third-order valence-corrected chi connectivity index (χ3v) is 5.95. The number of aryl methyl sites for hydroxylation is 2. The summed E-state index contributed by atoms with van der Waals surface area (Å²) in [5.41, 5.74) is 0. The van der Waals surface area contributed by atoms with E-state index >= 15 is 0 Å². The van der Waals surface area contributed by atoms with Gasteiger partial charge >= 0.3 is 0 Å². The molecule has 0 aliphatic carbocycles. The number of aromatic nitrogens is 6. The molecule has 0 radical (unpaired) electrons. The summed E-state index contributed by atoms with van der Waals surface area (Å²) in [6.45, 7) is 5.65. The van der Waals surface area contributed by atoms with E-state index in [0.29, 0.717) is 5.92 Å². The highest BCUT2D eigenvalue weighted by molar-refractivity contribution is 5.83. The fourth-order valence-electron chi connectivity index (χ4n) is 4.37. The zero-order chi connectivity index (χ0) is 18.6. The first-order valence-corrected chi connectivity index (χ1v) is 10.3. The molecule has 0 N–H and O–H groups in total. The molecule has 1 fully saturated rings. The molecule has 2 aromatic rings. The molecular weight excluding hydrogens is 342 g/mol. The minimum absolute atomic E-state index is 0.189. The van der Waals surface area contributed by atoms with Gasteiger partial charge in [0.25, 0.3) is 0 Å². The smallest absolute Gasteiger partial charge is 0.233 e. The highest BCUT2D eigenvalue weighted by Crippen LogP contribution is 2.31. The molecule has 0 unspecified atom stereocenters. The first kappa shape index (κ1) is 18.1. The lowest BCUT2D eigenvalue weighted by molar-refractivity contribution is -0.134. The van der Waals surface area contributed by atoms with Gasteiger partial charge in [-0.05, 0) is 42.5 Å². The van der Waals surface area contributed by atoms with E-state index in [9.17, 15) is 4.79 Å². The Bertz CT molecular complexity index is 760. The summed E-state index contributed by atoms with van der Waals surface area (Å²) in [6.07, 6.45) is 11.2. The molecule has 0 saturated carbocycles. The van der Waals surface area contributed by atoms with Crippen molar-refractivity contribution >= 4 is 5.91 Å². The van der Waals surface area contributed by atoms with Crippen molar-refractivity contribution in [2.24, 2.45) is 0 Å². The number of nitrogens with zero attached hydrogens (tertiary/aromatic N) is 7. The van der Waals surface area contributed by atoms with E-state index in [2.05, 4.69) is 38.2 Å². The lowest BCUT2D eigenvalue weighted by Crippen LogP contribution is -2.41. The molecule has 0 spiro atoms. The summed E-state index contributed by atoms with van der Waals surface area (Å²) in [6, 6.07) is 0. The van der Waals surface area contributed by atoms with Crippen LogP contribution in [0.15, 0.2) is 12.4 Å². The molecule has 4 heterocycles. The maximum Gasteiger partial charge on any atom is 0.233 e. The Balaban J connectivity index is 1.40. The van der Waals surface area contributed by atoms with Crippen LogP contribution < -0.4 is 0 Å². The van der Waals surface area contributed by atoms with Gasteiger partial charge in [0.05, 0.1) is 5.92 Å². The number of imidazole rings is 1. The number of carbonyl (C=O) groups excluding carboxylic acids is 1. The Morgan fingerprint density at radius 3 is 2.81 bits per heavy atom. The molecule has 8 heteroatoms. The van der Waals surface area contributed by atoms with Crippen molar-refractivity contribution in [3.05, 3.63) is 24.0 Å². The van der Waals surface area contributed by atoms with Crippen LogP contribution in [0.2, 0.25) is 0 Å². The summed E-state index contributed by atoms with van der Waals surface area (Å²) < 4.78 is 4.11. The van der Waals surface area contributed by atoms with Gasteiger partial charge in [0, 0.05) is 44.5 Å². The lowest BCUT2D eigenvalue weighted by atomic mass is 9.93. The zero-order valence-corrected chi connectivity index (χ0v) is 16.1. The minimum atomic E-state index is -0.189. The minimum Gasteiger partial charge on any atom is -0.342 e. The molecule has 2 aliphatic rings. The summed E-state index contributed by atoms with van der Waals surface area (Å²) in [4.78, 5) is 19.8. The lowest BCUT2D eigenvalue weighted by Gasteiger charge is -2.33. The molecule has 0 aromatic carbocycles. The number of piperidine rings is 1. The van der Waals surface area contributed by atoms with Crippen molar-refractivity contribution in [3.8, 4) is 0 Å². The second kappa shape index (κ2) is 8.19. The van der Waals surface area contributed by atoms with E-state index in [0.717, 1.165) is 64.1 Å². The maximum atomic E-state index is 13.2. The molecule has 1 amide bonds. The van der Waals surface area contributed by atoms with Crippen LogP contribution in [0.25, 0.3) is 0 Å². The van der Waals surface area contributed by atoms with Crippen LogP contribution in [0.5, 0.6) is 0 Å². The van der Waals surface area contributed by atoms with Gasteiger partial charge < -0.3 is 9.47 Å². The summed E-state index contributed by atoms with van der Waals surface area (Å²) in [7, 11) is 0. The molecule has 1 saturated heterocycles. The number of hydrogen-bond acceptors (Lipinski definition) is 5. The van der Waals surface area contributed by atoms with Gasteiger partial charge in [-0.15, -0.1) is 5.10 Å². The molecular formula is C19H29N7O. The van der Waals surface area contributed by atoms with Crippen molar-refractivity contribution in [1.82, 2.24) is 34.7 Å². The molecule has 0 bridgehead atoms. The number of amides is 1. The average Bonchev–Trinajstić information content (AvgIpc) is 3.32. The van der Waals surface area contributed by atoms with Crippen LogP contribution in [0.4, 0.5) is 0 Å². The fourth-order valence-corrected chi connectivity index (χ4v) is 4.37. The van der Waals surface area contributed by atoms with E-state index in [1.807, 2.05) is 15.8 Å². The summed E-state index contributed by atoms with van der Waals surface area (Å²) in [5.74, 6) is 2.38. The third-order valence-electron chi connectivity index (χ3n) is 5.95. The van der Waals surface area contributed by atoms with Crippen molar-refractivity contribution in [2.75, 3.05) is 13.1 Å². The summed E-state index contributed by atoms with van der Waals surface area (Å²) in [5, 5.41) is 12.0. The molecule has 1 atom stereocenters. The van der Waals surface area contributed by atoms with Crippen LogP contribution in [0.3, 0.4) is 0 Å². The van der Waals surface area contributed by atoms with Crippen LogP contribution in [0.1, 0.15) is 75.4 Å². The number of likely N-dealkylation sites (tertiary alicyclic amines) is 1. The number of rotatable bonds is 5. The molecule has 146 valence electrons. The van der Waals surface area contributed by atoms with Crippen molar-refractivity contribution in [3.63, 3.8) is 0 Å². The van der Waals surface area contributed by atoms with Gasteiger partial charge in [-0.3, -0.25) is 4.79 Å². The molecule has 27 heavy (non-hydrogen) atoms. The maximum absolute atomic E-state index is 13.2. The van der Waals surface area contributed by atoms with Gasteiger partial charge in [-0.2, -0.15) is 0 Å². The third kappa shape index (κ3) is 3.75. The highest BCUT2D eigenvalue weighted by atomic mass is 16.2. The highest BCUT2D eigenvalue weighted by Gasteiger charge is 2.34. The molecule has 4 rings (SSSR count). The average molecular weight is 371 g/mol. The SMILES string of the molecule is CCCCn1ccnc1C1CCN(C(=O)[C@@H]2CCCCn3nnnc32)CC1. The van der Waals surface area contributed by atoms with Crippen molar-refractivity contribution < 1.29 is 4.79 Å². The van der Waals surface area contributed by atoms with Gasteiger partial charge in [-0.25, -0.2) is 9.67 Å². The second-order valence-corrected chi connectivity index (χ2v) is 7.74. The van der Waals surface area contributed by atoms with Gasteiger partial charge in [0.1, 0.15) is 5.82 Å². The van der Waals surface area contributed by atoms with E-state index in [-0.39, 0.29) is 11.8 Å². The Morgan fingerprint density at radius 1 is 1.15 bits per heavy atom. The fraction of sp³-hybridized carbons (Fsp3) is 0.737. The topological polar surface area (TPSA) is 81.7 Å². The van der Waals surface area contributed by atoms with Crippen molar-refractivity contribution in [1.29, 1.82) is 0 Å². The predicted octanol–water partition coefficient (Wildman–Crippen LogP) is 2.34. The Kier molecular flexibility index (Phi) is 5.50. The van der Waals surface area contributed by atoms with Crippen LogP contribution in [0, 0.1) is 0 Å². The number of unbranched alkanes of at least 4 members (excludes halogenated alkanes) is 1. The van der Waals surface area contributed by atoms with Crippen molar-refractivity contribution in [2.45, 2.75) is 76.8 Å². The van der Waals surface area contributed by atoms with E-state index in [1.165, 1.54) is 18.7 Å². The number of carbonyl (C=O) groups is 1. The normalized spacial score (nSPS) is 21.1. The summed E-state index contributed by atoms with van der Waals surface area (Å²) >= 11 is 0. The van der Waals surface area contributed by atoms with Gasteiger partial charge in [0.15, 0.2) is 5.82 Å².